The molecule has 0 aliphatic heterocycles. The Morgan fingerprint density at radius 3 is 1.94 bits per heavy atom. The van der Waals surface area contributed by atoms with Gasteiger partial charge < -0.3 is 27.6 Å². The number of hydrogen-bond acceptors (Lipinski definition) is 5. The predicted molar refractivity (Wildman–Crippen MR) is 146 cm³/mol. The number of benzene rings is 1. The second-order valence-electron chi connectivity index (χ2n) is 7.17. The third-order valence-corrected chi connectivity index (χ3v) is 4.55. The molecule has 0 radical (unpaired) electrons. The van der Waals surface area contributed by atoms with E-state index in [-0.39, 0.29) is 33.4 Å². The van der Waals surface area contributed by atoms with Gasteiger partial charge in [-0.05, 0) is 61.9 Å². The summed E-state index contributed by atoms with van der Waals surface area (Å²) in [5.74, 6) is 2.75. The molecule has 2 rings (SSSR count). The Kier molecular flexibility index (Phi) is 44.8. The maximum absolute atomic E-state index is 8.71. The van der Waals surface area contributed by atoms with Crippen LogP contribution < -0.4 is 11.5 Å². The van der Waals surface area contributed by atoms with E-state index >= 15 is 0 Å². The third-order valence-electron chi connectivity index (χ3n) is 4.55. The van der Waals surface area contributed by atoms with Gasteiger partial charge in [0.25, 0.3) is 0 Å². The molecular weight excluding hydrogens is 410 g/mol. The zero-order chi connectivity index (χ0) is 19.6. The molecule has 7 heteroatoms. The van der Waals surface area contributed by atoms with Crippen LogP contribution in [0.2, 0.25) is 0 Å². The highest BCUT2D eigenvalue weighted by molar-refractivity contribution is 7.80. The molecule has 0 heterocycles. The van der Waals surface area contributed by atoms with Crippen molar-refractivity contribution in [3.63, 3.8) is 0 Å². The number of rotatable bonds is 7. The van der Waals surface area contributed by atoms with Crippen molar-refractivity contribution in [3.8, 4) is 0 Å². The predicted octanol–water partition coefficient (Wildman–Crippen LogP) is 5.64. The van der Waals surface area contributed by atoms with E-state index < -0.39 is 0 Å². The van der Waals surface area contributed by atoms with Gasteiger partial charge in [-0.25, -0.2) is 0 Å². The topological polar surface area (TPSA) is 134 Å². The van der Waals surface area contributed by atoms with Crippen LogP contribution in [0, 0.1) is 5.92 Å². The summed E-state index contributed by atoms with van der Waals surface area (Å²) in [7, 11) is 1.67. The first-order valence-electron chi connectivity index (χ1n) is 10.3. The Balaban J connectivity index is -0.0000000607. The van der Waals surface area contributed by atoms with Crippen LogP contribution in [0.4, 0.5) is 0 Å². The number of thiol groups is 1. The molecule has 1 aliphatic carbocycles. The van der Waals surface area contributed by atoms with Gasteiger partial charge in [0.2, 0.25) is 0 Å². The van der Waals surface area contributed by atoms with E-state index in [0.29, 0.717) is 0 Å². The zero-order valence-electron chi connectivity index (χ0n) is 19.2. The monoisotopic (exact) mass is 469 g/mol. The average Bonchev–Trinajstić information content (AvgIpc) is 2.64. The Morgan fingerprint density at radius 1 is 1.03 bits per heavy atom. The molecular formula is C24H59N3O3S. The van der Waals surface area contributed by atoms with E-state index in [1.807, 2.05) is 6.92 Å². The molecule has 1 aromatic carbocycles. The summed E-state index contributed by atoms with van der Waals surface area (Å²) in [5, 5.41) is 13.2. The van der Waals surface area contributed by atoms with E-state index in [0.717, 1.165) is 43.6 Å². The molecule has 0 spiro atoms. The summed E-state index contributed by atoms with van der Waals surface area (Å²) in [6.45, 7) is 9.33. The van der Waals surface area contributed by atoms with Crippen LogP contribution in [0.5, 0.6) is 0 Å². The summed E-state index contributed by atoms with van der Waals surface area (Å²) in [4.78, 5) is 0. The molecule has 9 N–H and O–H groups in total. The van der Waals surface area contributed by atoms with Gasteiger partial charge in [0.05, 0.1) is 0 Å². The van der Waals surface area contributed by atoms with E-state index in [1.165, 1.54) is 37.2 Å². The first-order valence-corrected chi connectivity index (χ1v) is 10.9. The summed E-state index contributed by atoms with van der Waals surface area (Å²) >= 11 is 3.79. The molecule has 0 aromatic heterocycles. The van der Waals surface area contributed by atoms with Crippen molar-refractivity contribution < 1.29 is 17.6 Å². The number of nitrogens with zero attached hydrogens (tertiary/aromatic N) is 1. The van der Waals surface area contributed by atoms with Gasteiger partial charge >= 0.3 is 0 Å². The van der Waals surface area contributed by atoms with Gasteiger partial charge in [-0.3, -0.25) is 0 Å². The number of hydrogen-bond donors (Lipinski definition) is 4. The van der Waals surface area contributed by atoms with Crippen molar-refractivity contribution in [1.82, 2.24) is 16.5 Å². The Morgan fingerprint density at radius 2 is 1.52 bits per heavy atom. The van der Waals surface area contributed by atoms with Crippen LogP contribution in [-0.2, 0) is 0 Å². The average molecular weight is 470 g/mol. The van der Waals surface area contributed by atoms with Crippen molar-refractivity contribution >= 4 is 12.6 Å². The highest BCUT2D eigenvalue weighted by Gasteiger charge is 2.18. The molecule has 1 aromatic rings. The second-order valence-corrected chi connectivity index (χ2v) is 7.80. The fourth-order valence-corrected chi connectivity index (χ4v) is 3.05. The van der Waals surface area contributed by atoms with Gasteiger partial charge in [-0.2, -0.15) is 17.7 Å². The normalized spacial score (nSPS) is 16.1. The lowest BCUT2D eigenvalue weighted by Crippen LogP contribution is -2.22. The minimum Gasteiger partial charge on any atom is -0.412 e. The molecule has 1 fully saturated rings. The Hall–Kier alpha value is -0.670. The van der Waals surface area contributed by atoms with Gasteiger partial charge in [-0.1, -0.05) is 78.8 Å². The van der Waals surface area contributed by atoms with Gasteiger partial charge in [0, 0.05) is 15.0 Å². The second kappa shape index (κ2) is 31.5. The minimum absolute atomic E-state index is 0. The molecule has 31 heavy (non-hydrogen) atoms. The summed E-state index contributed by atoms with van der Waals surface area (Å²) in [6, 6.07) is 11.0. The lowest BCUT2D eigenvalue weighted by molar-refractivity contribution is -0.0650. The highest BCUT2D eigenvalue weighted by Crippen LogP contribution is 2.35. The molecule has 0 bridgehead atoms. The van der Waals surface area contributed by atoms with Gasteiger partial charge in [0.15, 0.2) is 0 Å². The summed E-state index contributed by atoms with van der Waals surface area (Å²) < 4.78 is 0. The van der Waals surface area contributed by atoms with Gasteiger partial charge in [-0.15, -0.1) is 0 Å². The standard InChI is InChI=1S/C13H18.C7H18N2O.C2H6S.2CH4.H3N.2H2O.H2/c1-11-7-9-13(10-8-11)12-5-3-2-4-6-12;1-3-5-8-6-4-7-9(2)10;1-2-3;;;;;;/h2-6,11,13H,7-10H2,1H3;8,10H,3-7H2,1-2H3;3H,2H2,1H3;2*1H4;1H3;2*1H2;1H. The zero-order valence-corrected chi connectivity index (χ0v) is 20.1. The van der Waals surface area contributed by atoms with Crippen LogP contribution >= 0.6 is 12.6 Å². The Bertz CT molecular complexity index is 411. The first-order chi connectivity index (χ1) is 12.5. The maximum atomic E-state index is 8.71. The third kappa shape index (κ3) is 27.3. The molecule has 194 valence electrons. The fourth-order valence-electron chi connectivity index (χ4n) is 3.05. The molecule has 1 aliphatic rings. The van der Waals surface area contributed by atoms with Crippen molar-refractivity contribution in [2.45, 2.75) is 80.1 Å². The molecule has 6 nitrogen and oxygen atoms in total. The fraction of sp³-hybridized carbons (Fsp3) is 0.750. The van der Waals surface area contributed by atoms with E-state index in [1.54, 1.807) is 12.6 Å². The molecule has 1 saturated carbocycles. The Labute approximate surface area is 201 Å². The quantitative estimate of drug-likeness (QED) is 0.233. The van der Waals surface area contributed by atoms with Crippen molar-refractivity contribution in [3.05, 3.63) is 35.9 Å². The summed E-state index contributed by atoms with van der Waals surface area (Å²) in [6.07, 6.45) is 7.80. The van der Waals surface area contributed by atoms with Crippen molar-refractivity contribution in [2.75, 3.05) is 32.4 Å². The van der Waals surface area contributed by atoms with Crippen molar-refractivity contribution in [2.24, 2.45) is 5.92 Å². The van der Waals surface area contributed by atoms with Crippen LogP contribution in [0.3, 0.4) is 0 Å². The largest absolute Gasteiger partial charge is 0.412 e. The molecule has 0 saturated heterocycles. The van der Waals surface area contributed by atoms with E-state index in [4.69, 9.17) is 5.21 Å². The van der Waals surface area contributed by atoms with Crippen molar-refractivity contribution in [1.29, 1.82) is 0 Å². The highest BCUT2D eigenvalue weighted by atomic mass is 32.1. The minimum atomic E-state index is 0. The lowest BCUT2D eigenvalue weighted by atomic mass is 9.79. The number of nitrogens with one attached hydrogen (secondary N) is 1. The van der Waals surface area contributed by atoms with E-state index in [9.17, 15) is 0 Å². The van der Waals surface area contributed by atoms with Crippen LogP contribution in [0.15, 0.2) is 30.3 Å². The lowest BCUT2D eigenvalue weighted by Gasteiger charge is -2.26. The number of hydroxylamine groups is 2. The maximum Gasteiger partial charge on any atom is 0.0247 e. The SMILES string of the molecule is C.C.CC1CCC(c2ccccc2)CC1.CCCNCCCN(C)O.CCS.N.O.O.[HH]. The van der Waals surface area contributed by atoms with Crippen LogP contribution in [0.1, 0.15) is 87.1 Å². The van der Waals surface area contributed by atoms with E-state index in [2.05, 4.69) is 62.1 Å². The molecule has 0 atom stereocenters. The summed E-state index contributed by atoms with van der Waals surface area (Å²) in [5.41, 5.74) is 1.55. The van der Waals surface area contributed by atoms with Crippen LogP contribution in [0.25, 0.3) is 0 Å². The van der Waals surface area contributed by atoms with Gasteiger partial charge in [0.1, 0.15) is 0 Å². The molecule has 0 amide bonds. The smallest absolute Gasteiger partial charge is 0.0247 e. The molecule has 0 unspecified atom stereocenters. The first kappa shape index (κ1) is 44.1. The van der Waals surface area contributed by atoms with Crippen LogP contribution in [-0.4, -0.2) is 53.7 Å².